The summed E-state index contributed by atoms with van der Waals surface area (Å²) in [5.41, 5.74) is -0.535. The number of aryl methyl sites for hydroxylation is 1. The Morgan fingerprint density at radius 3 is 2.65 bits per heavy atom. The van der Waals surface area contributed by atoms with Crippen molar-refractivity contribution in [2.45, 2.75) is 45.7 Å². The standard InChI is InChI=1S/C15H22FNO3/c1-10(2)17-15(4,14(18)19)7-8-20-12-5-6-13(16)11(3)9-12/h5-6,9-10,17H,7-8H2,1-4H3,(H,18,19). The summed E-state index contributed by atoms with van der Waals surface area (Å²) in [5, 5.41) is 12.3. The highest BCUT2D eigenvalue weighted by Crippen LogP contribution is 2.18. The molecule has 0 amide bonds. The third-order valence-corrected chi connectivity index (χ3v) is 3.08. The summed E-state index contributed by atoms with van der Waals surface area (Å²) in [7, 11) is 0. The van der Waals surface area contributed by atoms with Gasteiger partial charge < -0.3 is 9.84 Å². The predicted molar refractivity (Wildman–Crippen MR) is 75.6 cm³/mol. The number of aliphatic carboxylic acids is 1. The van der Waals surface area contributed by atoms with Crippen molar-refractivity contribution in [3.8, 4) is 5.75 Å². The third-order valence-electron chi connectivity index (χ3n) is 3.08. The summed E-state index contributed by atoms with van der Waals surface area (Å²) in [6.07, 6.45) is 0.316. The molecule has 0 fully saturated rings. The van der Waals surface area contributed by atoms with Crippen molar-refractivity contribution in [3.63, 3.8) is 0 Å². The fourth-order valence-corrected chi connectivity index (χ4v) is 1.96. The maximum Gasteiger partial charge on any atom is 0.323 e. The molecule has 0 aromatic heterocycles. The molecule has 2 N–H and O–H groups in total. The van der Waals surface area contributed by atoms with E-state index < -0.39 is 11.5 Å². The molecule has 0 saturated carbocycles. The van der Waals surface area contributed by atoms with E-state index >= 15 is 0 Å². The highest BCUT2D eigenvalue weighted by molar-refractivity contribution is 5.78. The smallest absolute Gasteiger partial charge is 0.323 e. The van der Waals surface area contributed by atoms with Gasteiger partial charge in [-0.1, -0.05) is 0 Å². The van der Waals surface area contributed by atoms with Crippen LogP contribution in [0.4, 0.5) is 4.39 Å². The monoisotopic (exact) mass is 283 g/mol. The zero-order valence-corrected chi connectivity index (χ0v) is 12.4. The van der Waals surface area contributed by atoms with Gasteiger partial charge in [0.2, 0.25) is 0 Å². The molecule has 112 valence electrons. The molecule has 20 heavy (non-hydrogen) atoms. The van der Waals surface area contributed by atoms with Crippen LogP contribution < -0.4 is 10.1 Å². The lowest BCUT2D eigenvalue weighted by Crippen LogP contribution is -2.53. The Bertz CT molecular complexity index is 476. The van der Waals surface area contributed by atoms with Crippen molar-refractivity contribution in [1.82, 2.24) is 5.32 Å². The van der Waals surface area contributed by atoms with Crippen molar-refractivity contribution >= 4 is 5.97 Å². The number of hydrogen-bond donors (Lipinski definition) is 2. The van der Waals surface area contributed by atoms with Gasteiger partial charge in [0.05, 0.1) is 6.61 Å². The largest absolute Gasteiger partial charge is 0.493 e. The van der Waals surface area contributed by atoms with E-state index in [0.29, 0.717) is 17.7 Å². The summed E-state index contributed by atoms with van der Waals surface area (Å²) in [5.74, 6) is -0.652. The van der Waals surface area contributed by atoms with Gasteiger partial charge in [-0.05, 0) is 51.5 Å². The lowest BCUT2D eigenvalue weighted by molar-refractivity contribution is -0.145. The quantitative estimate of drug-likeness (QED) is 0.808. The average molecular weight is 283 g/mol. The fourth-order valence-electron chi connectivity index (χ4n) is 1.96. The normalized spacial score (nSPS) is 14.1. The van der Waals surface area contributed by atoms with Crippen LogP contribution in [0.3, 0.4) is 0 Å². The molecule has 1 atom stereocenters. The molecule has 1 aromatic carbocycles. The van der Waals surface area contributed by atoms with Crippen LogP contribution in [0.5, 0.6) is 5.75 Å². The number of carboxylic acid groups (broad SMARTS) is 1. The molecule has 0 radical (unpaired) electrons. The Labute approximate surface area is 119 Å². The Hall–Kier alpha value is -1.62. The van der Waals surface area contributed by atoms with Crippen LogP contribution in [0.2, 0.25) is 0 Å². The zero-order chi connectivity index (χ0) is 15.3. The van der Waals surface area contributed by atoms with Gasteiger partial charge in [0.1, 0.15) is 17.1 Å². The van der Waals surface area contributed by atoms with Crippen molar-refractivity contribution in [2.24, 2.45) is 0 Å². The number of halogens is 1. The summed E-state index contributed by atoms with van der Waals surface area (Å²) < 4.78 is 18.6. The topological polar surface area (TPSA) is 58.6 Å². The molecule has 0 bridgehead atoms. The molecular weight excluding hydrogens is 261 g/mol. The van der Waals surface area contributed by atoms with E-state index in [2.05, 4.69) is 5.32 Å². The van der Waals surface area contributed by atoms with Crippen LogP contribution in [0.1, 0.15) is 32.8 Å². The number of rotatable bonds is 7. The molecule has 0 spiro atoms. The summed E-state index contributed by atoms with van der Waals surface area (Å²) in [4.78, 5) is 11.3. The number of ether oxygens (including phenoxy) is 1. The van der Waals surface area contributed by atoms with Crippen LogP contribution in [-0.4, -0.2) is 29.3 Å². The van der Waals surface area contributed by atoms with E-state index in [0.717, 1.165) is 0 Å². The number of hydrogen-bond acceptors (Lipinski definition) is 3. The molecule has 5 heteroatoms. The first kappa shape index (κ1) is 16.4. The van der Waals surface area contributed by atoms with Crippen LogP contribution in [-0.2, 0) is 4.79 Å². The van der Waals surface area contributed by atoms with Crippen LogP contribution >= 0.6 is 0 Å². The fraction of sp³-hybridized carbons (Fsp3) is 0.533. The highest BCUT2D eigenvalue weighted by Gasteiger charge is 2.33. The van der Waals surface area contributed by atoms with E-state index in [-0.39, 0.29) is 18.5 Å². The first-order valence-electron chi connectivity index (χ1n) is 6.64. The minimum absolute atomic E-state index is 0.0594. The van der Waals surface area contributed by atoms with Crippen LogP contribution in [0.15, 0.2) is 18.2 Å². The Kier molecular flexibility index (Phi) is 5.51. The second-order valence-electron chi connectivity index (χ2n) is 5.45. The number of benzene rings is 1. The molecule has 0 aliphatic carbocycles. The Morgan fingerprint density at radius 1 is 1.50 bits per heavy atom. The van der Waals surface area contributed by atoms with Gasteiger partial charge in [0.15, 0.2) is 0 Å². The molecule has 0 saturated heterocycles. The van der Waals surface area contributed by atoms with Gasteiger partial charge in [0.25, 0.3) is 0 Å². The molecule has 0 aliphatic heterocycles. The highest BCUT2D eigenvalue weighted by atomic mass is 19.1. The van der Waals surface area contributed by atoms with E-state index in [1.165, 1.54) is 12.1 Å². The number of carbonyl (C=O) groups is 1. The van der Waals surface area contributed by atoms with Gasteiger partial charge in [-0.15, -0.1) is 0 Å². The Balaban J connectivity index is 2.60. The first-order valence-corrected chi connectivity index (χ1v) is 6.64. The number of carboxylic acids is 1. The van der Waals surface area contributed by atoms with E-state index in [1.807, 2.05) is 13.8 Å². The number of nitrogens with one attached hydrogen (secondary N) is 1. The van der Waals surface area contributed by atoms with Crippen molar-refractivity contribution < 1.29 is 19.0 Å². The Morgan fingerprint density at radius 2 is 2.15 bits per heavy atom. The van der Waals surface area contributed by atoms with Gasteiger partial charge in [-0.3, -0.25) is 10.1 Å². The molecular formula is C15H22FNO3. The van der Waals surface area contributed by atoms with Gasteiger partial charge in [-0.2, -0.15) is 0 Å². The predicted octanol–water partition coefficient (Wildman–Crippen LogP) is 2.74. The van der Waals surface area contributed by atoms with E-state index in [4.69, 9.17) is 4.74 Å². The van der Waals surface area contributed by atoms with Crippen molar-refractivity contribution in [2.75, 3.05) is 6.61 Å². The van der Waals surface area contributed by atoms with E-state index in [1.54, 1.807) is 19.9 Å². The van der Waals surface area contributed by atoms with Gasteiger partial charge in [-0.25, -0.2) is 4.39 Å². The molecule has 0 heterocycles. The van der Waals surface area contributed by atoms with E-state index in [9.17, 15) is 14.3 Å². The third kappa shape index (κ3) is 4.49. The molecule has 4 nitrogen and oxygen atoms in total. The zero-order valence-electron chi connectivity index (χ0n) is 12.4. The average Bonchev–Trinajstić information content (AvgIpc) is 2.32. The second-order valence-corrected chi connectivity index (χ2v) is 5.45. The summed E-state index contributed by atoms with van der Waals surface area (Å²) >= 11 is 0. The SMILES string of the molecule is Cc1cc(OCCC(C)(NC(C)C)C(=O)O)ccc1F. The van der Waals surface area contributed by atoms with Gasteiger partial charge >= 0.3 is 5.97 Å². The lowest BCUT2D eigenvalue weighted by atomic mass is 9.97. The summed E-state index contributed by atoms with van der Waals surface area (Å²) in [6.45, 7) is 7.32. The molecule has 1 rings (SSSR count). The molecule has 1 unspecified atom stereocenters. The summed E-state index contributed by atoms with van der Waals surface area (Å²) in [6, 6.07) is 4.54. The minimum Gasteiger partial charge on any atom is -0.493 e. The van der Waals surface area contributed by atoms with Gasteiger partial charge in [0, 0.05) is 12.5 Å². The van der Waals surface area contributed by atoms with Crippen LogP contribution in [0.25, 0.3) is 0 Å². The van der Waals surface area contributed by atoms with Crippen molar-refractivity contribution in [3.05, 3.63) is 29.6 Å². The van der Waals surface area contributed by atoms with Crippen molar-refractivity contribution in [1.29, 1.82) is 0 Å². The maximum atomic E-state index is 13.1. The molecule has 1 aromatic rings. The molecule has 0 aliphatic rings. The second kappa shape index (κ2) is 6.70. The van der Waals surface area contributed by atoms with Crippen LogP contribution in [0, 0.1) is 12.7 Å². The minimum atomic E-state index is -1.04. The maximum absolute atomic E-state index is 13.1. The first-order chi connectivity index (χ1) is 9.24. The lowest BCUT2D eigenvalue weighted by Gasteiger charge is -2.28.